The van der Waals surface area contributed by atoms with Crippen molar-refractivity contribution in [2.24, 2.45) is 0 Å². The molecule has 0 N–H and O–H groups in total. The van der Waals surface area contributed by atoms with E-state index < -0.39 is 24.3 Å². The highest BCUT2D eigenvalue weighted by Crippen LogP contribution is 2.24. The van der Waals surface area contributed by atoms with Crippen LogP contribution in [0.5, 0.6) is 0 Å². The van der Waals surface area contributed by atoms with Crippen LogP contribution in [0, 0.1) is 0 Å². The van der Waals surface area contributed by atoms with E-state index in [1.165, 1.54) is 12.0 Å². The van der Waals surface area contributed by atoms with Crippen LogP contribution in [0.2, 0.25) is 0 Å². The predicted molar refractivity (Wildman–Crippen MR) is 73.3 cm³/mol. The van der Waals surface area contributed by atoms with Crippen LogP contribution in [0.4, 0.5) is 9.18 Å². The van der Waals surface area contributed by atoms with Gasteiger partial charge in [0.15, 0.2) is 0 Å². The number of ether oxygens (including phenoxy) is 2. The fourth-order valence-electron chi connectivity index (χ4n) is 2.35. The lowest BCUT2D eigenvalue weighted by Crippen LogP contribution is -2.37. The van der Waals surface area contributed by atoms with Crippen molar-refractivity contribution < 1.29 is 23.5 Å². The molecule has 0 radical (unpaired) electrons. The topological polar surface area (TPSA) is 55.8 Å². The van der Waals surface area contributed by atoms with Gasteiger partial charge in [-0.3, -0.25) is 4.79 Å². The lowest BCUT2D eigenvalue weighted by molar-refractivity contribution is -0.141. The summed E-state index contributed by atoms with van der Waals surface area (Å²) >= 11 is 0. The number of likely N-dealkylation sites (tertiary alicyclic amines) is 1. The standard InChI is InChI=1S/C15H18FNO4/c1-20-14(18)8-13-7-12(16)9-17(13)15(19)21-10-11-5-3-2-4-6-11/h2-6,12-13H,7-10H2,1H3/t12-,13-/m0/s1. The quantitative estimate of drug-likeness (QED) is 0.800. The van der Waals surface area contributed by atoms with Crippen molar-refractivity contribution in [3.8, 4) is 0 Å². The number of rotatable bonds is 4. The van der Waals surface area contributed by atoms with E-state index in [1.54, 1.807) is 0 Å². The van der Waals surface area contributed by atoms with Crippen LogP contribution in [0.3, 0.4) is 0 Å². The summed E-state index contributed by atoms with van der Waals surface area (Å²) in [6.45, 7) is 0.0767. The Kier molecular flexibility index (Phi) is 5.14. The van der Waals surface area contributed by atoms with Gasteiger partial charge in [-0.05, 0) is 5.56 Å². The summed E-state index contributed by atoms with van der Waals surface area (Å²) in [4.78, 5) is 24.6. The molecule has 21 heavy (non-hydrogen) atoms. The second kappa shape index (κ2) is 7.06. The molecule has 1 fully saturated rings. The van der Waals surface area contributed by atoms with Gasteiger partial charge in [0.2, 0.25) is 0 Å². The van der Waals surface area contributed by atoms with E-state index in [2.05, 4.69) is 4.74 Å². The van der Waals surface area contributed by atoms with E-state index in [9.17, 15) is 14.0 Å². The Morgan fingerprint density at radius 1 is 1.33 bits per heavy atom. The second-order valence-corrected chi connectivity index (χ2v) is 4.96. The molecule has 1 saturated heterocycles. The monoisotopic (exact) mass is 295 g/mol. The van der Waals surface area contributed by atoms with Gasteiger partial charge in [-0.25, -0.2) is 9.18 Å². The third-order valence-corrected chi connectivity index (χ3v) is 3.43. The number of alkyl halides is 1. The van der Waals surface area contributed by atoms with E-state index in [0.29, 0.717) is 0 Å². The summed E-state index contributed by atoms with van der Waals surface area (Å²) < 4.78 is 23.2. The van der Waals surface area contributed by atoms with Crippen LogP contribution >= 0.6 is 0 Å². The zero-order chi connectivity index (χ0) is 15.2. The molecule has 0 aliphatic carbocycles. The molecule has 0 spiro atoms. The minimum Gasteiger partial charge on any atom is -0.469 e. The average molecular weight is 295 g/mol. The third kappa shape index (κ3) is 4.18. The molecule has 1 aliphatic heterocycles. The van der Waals surface area contributed by atoms with Crippen molar-refractivity contribution in [1.82, 2.24) is 4.90 Å². The van der Waals surface area contributed by atoms with E-state index in [0.717, 1.165) is 5.56 Å². The first-order valence-electron chi connectivity index (χ1n) is 6.78. The van der Waals surface area contributed by atoms with Gasteiger partial charge in [0.05, 0.1) is 20.1 Å². The van der Waals surface area contributed by atoms with Crippen LogP contribution < -0.4 is 0 Å². The fraction of sp³-hybridized carbons (Fsp3) is 0.467. The van der Waals surface area contributed by atoms with Gasteiger partial charge in [0, 0.05) is 12.5 Å². The molecule has 0 bridgehead atoms. The number of methoxy groups -OCH3 is 1. The Morgan fingerprint density at radius 3 is 2.71 bits per heavy atom. The molecular weight excluding hydrogens is 277 g/mol. The fourth-order valence-corrected chi connectivity index (χ4v) is 2.35. The van der Waals surface area contributed by atoms with Crippen molar-refractivity contribution in [1.29, 1.82) is 0 Å². The van der Waals surface area contributed by atoms with Gasteiger partial charge in [0.1, 0.15) is 12.8 Å². The molecule has 5 nitrogen and oxygen atoms in total. The first-order chi connectivity index (χ1) is 10.1. The second-order valence-electron chi connectivity index (χ2n) is 4.96. The molecule has 1 aromatic rings. The number of hydrogen-bond acceptors (Lipinski definition) is 4. The lowest BCUT2D eigenvalue weighted by atomic mass is 10.1. The summed E-state index contributed by atoms with van der Waals surface area (Å²) in [5.74, 6) is -0.463. The highest BCUT2D eigenvalue weighted by molar-refractivity contribution is 5.73. The number of esters is 1. The first-order valence-corrected chi connectivity index (χ1v) is 6.78. The first kappa shape index (κ1) is 15.3. The number of nitrogens with zero attached hydrogens (tertiary/aromatic N) is 1. The number of carbonyl (C=O) groups excluding carboxylic acids is 2. The summed E-state index contributed by atoms with van der Waals surface area (Å²) in [7, 11) is 1.27. The number of amides is 1. The summed E-state index contributed by atoms with van der Waals surface area (Å²) in [5.41, 5.74) is 0.853. The Labute approximate surface area is 122 Å². The molecule has 2 rings (SSSR count). The van der Waals surface area contributed by atoms with Crippen molar-refractivity contribution in [2.75, 3.05) is 13.7 Å². The van der Waals surface area contributed by atoms with E-state index in [4.69, 9.17) is 4.74 Å². The zero-order valence-corrected chi connectivity index (χ0v) is 11.8. The van der Waals surface area contributed by atoms with Crippen LogP contribution in [-0.2, 0) is 20.9 Å². The molecule has 114 valence electrons. The van der Waals surface area contributed by atoms with Gasteiger partial charge in [0.25, 0.3) is 0 Å². The van der Waals surface area contributed by atoms with Crippen molar-refractivity contribution >= 4 is 12.1 Å². The predicted octanol–water partition coefficient (Wildman–Crippen LogP) is 2.30. The molecule has 6 heteroatoms. The van der Waals surface area contributed by atoms with Crippen LogP contribution in [0.15, 0.2) is 30.3 Å². The summed E-state index contributed by atoms with van der Waals surface area (Å²) in [6, 6.07) is 8.72. The average Bonchev–Trinajstić information content (AvgIpc) is 2.86. The van der Waals surface area contributed by atoms with Gasteiger partial charge < -0.3 is 14.4 Å². The number of carbonyl (C=O) groups is 2. The van der Waals surface area contributed by atoms with Gasteiger partial charge in [-0.2, -0.15) is 0 Å². The summed E-state index contributed by atoms with van der Waals surface area (Å²) in [6.07, 6.45) is -1.62. The van der Waals surface area contributed by atoms with Gasteiger partial charge >= 0.3 is 12.1 Å². The van der Waals surface area contributed by atoms with Crippen molar-refractivity contribution in [2.45, 2.75) is 31.7 Å². The highest BCUT2D eigenvalue weighted by Gasteiger charge is 2.37. The molecule has 0 aromatic heterocycles. The molecule has 0 saturated carbocycles. The number of hydrogen-bond donors (Lipinski definition) is 0. The largest absolute Gasteiger partial charge is 0.469 e. The molecule has 1 aliphatic rings. The van der Waals surface area contributed by atoms with Crippen LogP contribution in [0.1, 0.15) is 18.4 Å². The van der Waals surface area contributed by atoms with E-state index in [1.807, 2.05) is 30.3 Å². The zero-order valence-electron chi connectivity index (χ0n) is 11.8. The Balaban J connectivity index is 1.91. The van der Waals surface area contributed by atoms with Crippen molar-refractivity contribution in [3.05, 3.63) is 35.9 Å². The van der Waals surface area contributed by atoms with Crippen LogP contribution in [-0.4, -0.2) is 42.8 Å². The van der Waals surface area contributed by atoms with Gasteiger partial charge in [-0.15, -0.1) is 0 Å². The normalized spacial score (nSPS) is 21.1. The molecule has 1 amide bonds. The smallest absolute Gasteiger partial charge is 0.410 e. The summed E-state index contributed by atoms with van der Waals surface area (Å²) in [5, 5.41) is 0. The SMILES string of the molecule is COC(=O)C[C@@H]1C[C@H](F)CN1C(=O)OCc1ccccc1. The lowest BCUT2D eigenvalue weighted by Gasteiger charge is -2.22. The maximum Gasteiger partial charge on any atom is 0.410 e. The number of halogens is 1. The minimum absolute atomic E-state index is 0.0165. The Hall–Kier alpha value is -2.11. The van der Waals surface area contributed by atoms with Gasteiger partial charge in [-0.1, -0.05) is 30.3 Å². The molecule has 2 atom stereocenters. The third-order valence-electron chi connectivity index (χ3n) is 3.43. The molecular formula is C15H18FNO4. The maximum atomic E-state index is 13.5. The molecule has 1 aromatic carbocycles. The van der Waals surface area contributed by atoms with E-state index in [-0.39, 0.29) is 26.0 Å². The number of benzene rings is 1. The Morgan fingerprint density at radius 2 is 2.05 bits per heavy atom. The van der Waals surface area contributed by atoms with Crippen molar-refractivity contribution in [3.63, 3.8) is 0 Å². The van der Waals surface area contributed by atoms with E-state index >= 15 is 0 Å². The van der Waals surface area contributed by atoms with Crippen LogP contribution in [0.25, 0.3) is 0 Å². The molecule has 1 heterocycles. The maximum absolute atomic E-state index is 13.5. The Bertz CT molecular complexity index is 494. The minimum atomic E-state index is -1.14. The molecule has 0 unspecified atom stereocenters. The highest BCUT2D eigenvalue weighted by atomic mass is 19.1.